The number of aromatic nitrogens is 4. The van der Waals surface area contributed by atoms with E-state index >= 15 is 0 Å². The van der Waals surface area contributed by atoms with Gasteiger partial charge in [-0.15, -0.1) is 0 Å². The van der Waals surface area contributed by atoms with Crippen LogP contribution in [0.15, 0.2) is 11.1 Å². The fraction of sp³-hybridized carbons (Fsp3) is 0.500. The highest BCUT2D eigenvalue weighted by atomic mass is 31.3. The quantitative estimate of drug-likeness (QED) is 0.131. The number of H-pyrrole nitrogens is 1. The number of hydrogen-bond donors (Lipinski definition) is 7. The first-order chi connectivity index (χ1) is 16.0. The van der Waals surface area contributed by atoms with Crippen molar-refractivity contribution in [3.8, 4) is 0 Å². The standard InChI is InChI=1S/C12H18N5O15P3/c1-4(18)29-8-7(19)5(2-28-34(24,25)32-35(26,27)31-33(21,22)23)30-11(8)17-3-14-6-9(17)15-12(13)16-10(6)20/h3,5,7-8,11,19H,2H2,1H3,(H,24,25)(H,26,27)(H2,21,22,23)(H3,13,15,16,20)/t5-,7-,8-,11-/m1/s1. The SMILES string of the molecule is CC(=O)O[C@@H]1[C@H](O)[C@@H](COP(=O)(O)OP(=O)(O)OP(=O)(O)O)O[C@H]1n1cnc2c(=O)[nH]c(N)nc21. The van der Waals surface area contributed by atoms with E-state index in [2.05, 4.69) is 28.1 Å². The molecule has 0 radical (unpaired) electrons. The number of aromatic amines is 1. The van der Waals surface area contributed by atoms with Crippen molar-refractivity contribution in [1.29, 1.82) is 0 Å². The van der Waals surface area contributed by atoms with Gasteiger partial charge in [-0.1, -0.05) is 0 Å². The van der Waals surface area contributed by atoms with E-state index in [4.69, 9.17) is 25.0 Å². The van der Waals surface area contributed by atoms with Crippen LogP contribution in [0, 0.1) is 0 Å². The Labute approximate surface area is 193 Å². The van der Waals surface area contributed by atoms with Crippen LogP contribution in [0.25, 0.3) is 11.2 Å². The van der Waals surface area contributed by atoms with Gasteiger partial charge in [-0.3, -0.25) is 23.7 Å². The highest BCUT2D eigenvalue weighted by molar-refractivity contribution is 7.66. The van der Waals surface area contributed by atoms with Crippen LogP contribution in [-0.4, -0.2) is 75.1 Å². The van der Waals surface area contributed by atoms with Crippen molar-refractivity contribution in [2.75, 3.05) is 12.3 Å². The van der Waals surface area contributed by atoms with Crippen LogP contribution >= 0.6 is 23.5 Å². The molecule has 23 heteroatoms. The maximum atomic E-state index is 12.0. The Bertz CT molecular complexity index is 1320. The van der Waals surface area contributed by atoms with Crippen molar-refractivity contribution >= 4 is 46.5 Å². The van der Waals surface area contributed by atoms with Crippen LogP contribution in [0.3, 0.4) is 0 Å². The van der Waals surface area contributed by atoms with Crippen molar-refractivity contribution in [3.05, 3.63) is 16.7 Å². The normalized spacial score (nSPS) is 26.3. The number of aliphatic hydroxyl groups excluding tert-OH is 1. The minimum atomic E-state index is -5.77. The first kappa shape index (κ1) is 27.5. The van der Waals surface area contributed by atoms with Crippen LogP contribution in [0.4, 0.5) is 5.95 Å². The maximum absolute atomic E-state index is 12.0. The summed E-state index contributed by atoms with van der Waals surface area (Å²) in [5, 5.41) is 10.6. The lowest BCUT2D eigenvalue weighted by molar-refractivity contribution is -0.155. The Kier molecular flexibility index (Phi) is 7.69. The minimum Gasteiger partial charge on any atom is -0.455 e. The molecule has 0 amide bonds. The maximum Gasteiger partial charge on any atom is 0.490 e. The third kappa shape index (κ3) is 6.79. The third-order valence-corrected chi connectivity index (χ3v) is 7.96. The molecule has 1 fully saturated rings. The van der Waals surface area contributed by atoms with E-state index in [1.807, 2.05) is 0 Å². The average Bonchev–Trinajstić information content (AvgIpc) is 3.19. The van der Waals surface area contributed by atoms with Crippen molar-refractivity contribution in [3.63, 3.8) is 0 Å². The largest absolute Gasteiger partial charge is 0.490 e. The summed E-state index contributed by atoms with van der Waals surface area (Å²) < 4.78 is 57.4. The van der Waals surface area contributed by atoms with Crippen molar-refractivity contribution in [2.24, 2.45) is 0 Å². The van der Waals surface area contributed by atoms with Gasteiger partial charge in [0, 0.05) is 6.92 Å². The number of nitrogens with two attached hydrogens (primary N) is 1. The third-order valence-electron chi connectivity index (χ3n) is 4.16. The molecule has 2 unspecified atom stereocenters. The van der Waals surface area contributed by atoms with Gasteiger partial charge in [0.1, 0.15) is 12.2 Å². The average molecular weight is 565 g/mol. The number of aliphatic hydroxyl groups is 1. The molecule has 0 aliphatic carbocycles. The zero-order chi connectivity index (χ0) is 26.3. The number of nitrogens with one attached hydrogen (secondary N) is 1. The number of carbonyl (C=O) groups excluding carboxylic acids is 1. The van der Waals surface area contributed by atoms with E-state index in [1.54, 1.807) is 0 Å². The number of anilines is 1. The van der Waals surface area contributed by atoms with Crippen LogP contribution in [0.1, 0.15) is 13.2 Å². The molecular formula is C12H18N5O15P3. The Morgan fingerprint density at radius 1 is 1.23 bits per heavy atom. The van der Waals surface area contributed by atoms with Crippen molar-refractivity contribution in [2.45, 2.75) is 31.5 Å². The van der Waals surface area contributed by atoms with Gasteiger partial charge in [0.2, 0.25) is 5.95 Å². The molecule has 1 aliphatic rings. The zero-order valence-electron chi connectivity index (χ0n) is 17.2. The van der Waals surface area contributed by atoms with Gasteiger partial charge in [-0.2, -0.15) is 13.6 Å². The van der Waals surface area contributed by atoms with Crippen molar-refractivity contribution < 1.29 is 65.8 Å². The Balaban J connectivity index is 1.82. The van der Waals surface area contributed by atoms with E-state index < -0.39 is 66.1 Å². The summed E-state index contributed by atoms with van der Waals surface area (Å²) in [4.78, 5) is 69.4. The predicted octanol–water partition coefficient (Wildman–Crippen LogP) is -1.76. The molecule has 3 rings (SSSR count). The number of esters is 1. The number of imidazole rings is 1. The van der Waals surface area contributed by atoms with Crippen molar-refractivity contribution in [1.82, 2.24) is 19.5 Å². The summed E-state index contributed by atoms with van der Waals surface area (Å²) in [6.07, 6.45) is -5.16. The number of rotatable bonds is 9. The molecule has 0 bridgehead atoms. The molecule has 2 aromatic heterocycles. The monoisotopic (exact) mass is 565 g/mol. The van der Waals surface area contributed by atoms with Crippen LogP contribution in [-0.2, 0) is 41.1 Å². The molecule has 0 spiro atoms. The second-order valence-electron chi connectivity index (χ2n) is 6.79. The summed E-state index contributed by atoms with van der Waals surface area (Å²) in [5.74, 6) is -1.16. The van der Waals surface area contributed by atoms with Gasteiger partial charge in [-0.05, 0) is 0 Å². The number of phosphoric acid groups is 3. The second kappa shape index (κ2) is 9.78. The van der Waals surface area contributed by atoms with Gasteiger partial charge < -0.3 is 39.9 Å². The summed E-state index contributed by atoms with van der Waals surface area (Å²) in [7, 11) is -16.9. The molecule has 0 saturated carbocycles. The topological polar surface area (TPSA) is 305 Å². The first-order valence-corrected chi connectivity index (χ1v) is 13.5. The molecular weight excluding hydrogens is 547 g/mol. The van der Waals surface area contributed by atoms with Crippen LogP contribution in [0.5, 0.6) is 0 Å². The number of phosphoric ester groups is 1. The van der Waals surface area contributed by atoms with E-state index in [1.165, 1.54) is 0 Å². The summed E-state index contributed by atoms with van der Waals surface area (Å²) in [6, 6.07) is 0. The van der Waals surface area contributed by atoms with E-state index in [0.717, 1.165) is 17.8 Å². The predicted molar refractivity (Wildman–Crippen MR) is 108 cm³/mol. The summed E-state index contributed by atoms with van der Waals surface area (Å²) in [6.45, 7) is -0.0297. The smallest absolute Gasteiger partial charge is 0.455 e. The van der Waals surface area contributed by atoms with Gasteiger partial charge in [0.25, 0.3) is 5.56 Å². The lowest BCUT2D eigenvalue weighted by Crippen LogP contribution is -2.36. The number of carbonyl (C=O) groups is 1. The molecule has 6 atom stereocenters. The Hall–Kier alpha value is -2.05. The fourth-order valence-electron chi connectivity index (χ4n) is 3.00. The highest BCUT2D eigenvalue weighted by Gasteiger charge is 2.49. The zero-order valence-corrected chi connectivity index (χ0v) is 19.9. The first-order valence-electron chi connectivity index (χ1n) is 8.99. The van der Waals surface area contributed by atoms with Gasteiger partial charge >= 0.3 is 29.4 Å². The molecule has 8 N–H and O–H groups in total. The van der Waals surface area contributed by atoms with Gasteiger partial charge in [0.15, 0.2) is 23.5 Å². The lowest BCUT2D eigenvalue weighted by Gasteiger charge is -2.21. The second-order valence-corrected chi connectivity index (χ2v) is 11.2. The molecule has 3 heterocycles. The molecule has 20 nitrogen and oxygen atoms in total. The molecule has 35 heavy (non-hydrogen) atoms. The number of hydrogen-bond acceptors (Lipinski definition) is 14. The highest BCUT2D eigenvalue weighted by Crippen LogP contribution is 2.66. The molecule has 1 saturated heterocycles. The molecule has 196 valence electrons. The van der Waals surface area contributed by atoms with Gasteiger partial charge in [0.05, 0.1) is 12.9 Å². The van der Waals surface area contributed by atoms with E-state index in [0.29, 0.717) is 0 Å². The molecule has 2 aromatic rings. The van der Waals surface area contributed by atoms with Gasteiger partial charge in [-0.25, -0.2) is 18.7 Å². The summed E-state index contributed by atoms with van der Waals surface area (Å²) >= 11 is 0. The van der Waals surface area contributed by atoms with Crippen LogP contribution < -0.4 is 11.3 Å². The van der Waals surface area contributed by atoms with Crippen LogP contribution in [0.2, 0.25) is 0 Å². The molecule has 0 aromatic carbocycles. The Morgan fingerprint density at radius 3 is 2.49 bits per heavy atom. The van der Waals surface area contributed by atoms with E-state index in [9.17, 15) is 38.2 Å². The Morgan fingerprint density at radius 2 is 1.89 bits per heavy atom. The molecule has 1 aliphatic heterocycles. The number of fused-ring (bicyclic) bond motifs is 1. The number of nitrogens with zero attached hydrogens (tertiary/aromatic N) is 3. The number of ether oxygens (including phenoxy) is 2. The lowest BCUT2D eigenvalue weighted by atomic mass is 10.1. The number of nitrogen functional groups attached to an aromatic ring is 1. The minimum absolute atomic E-state index is 0.130. The fourth-order valence-corrected chi connectivity index (χ4v) is 6.03. The van der Waals surface area contributed by atoms with E-state index in [-0.39, 0.29) is 17.1 Å². The summed E-state index contributed by atoms with van der Waals surface area (Å²) in [5.41, 5.74) is 4.50.